The molecule has 0 aliphatic carbocycles. The van der Waals surface area contributed by atoms with E-state index in [0.29, 0.717) is 6.10 Å². The summed E-state index contributed by atoms with van der Waals surface area (Å²) in [4.78, 5) is 14.2. The van der Waals surface area contributed by atoms with Gasteiger partial charge in [-0.15, -0.1) is 0 Å². The number of H-pyrrole nitrogens is 1. The highest BCUT2D eigenvalue weighted by atomic mass is 16.5. The van der Waals surface area contributed by atoms with Crippen LogP contribution in [0.4, 0.5) is 5.82 Å². The van der Waals surface area contributed by atoms with Crippen molar-refractivity contribution in [3.63, 3.8) is 0 Å². The van der Waals surface area contributed by atoms with Crippen molar-refractivity contribution < 1.29 is 4.74 Å². The van der Waals surface area contributed by atoms with E-state index in [2.05, 4.69) is 26.8 Å². The Morgan fingerprint density at radius 1 is 1.47 bits per heavy atom. The van der Waals surface area contributed by atoms with Gasteiger partial charge in [-0.3, -0.25) is 0 Å². The quantitative estimate of drug-likeness (QED) is 0.917. The maximum absolute atomic E-state index is 5.88. The Hall–Kier alpha value is -1.62. The van der Waals surface area contributed by atoms with Gasteiger partial charge in [-0.05, 0) is 25.3 Å². The molecular weight excluding hydrogens is 240 g/mol. The van der Waals surface area contributed by atoms with E-state index in [0.717, 1.165) is 55.8 Å². The predicted octanol–water partition coefficient (Wildman–Crippen LogP) is 2.35. The first-order valence-corrected chi connectivity index (χ1v) is 7.03. The van der Waals surface area contributed by atoms with E-state index >= 15 is 0 Å². The molecule has 1 aliphatic heterocycles. The Bertz CT molecular complexity index is 539. The molecule has 5 nitrogen and oxygen atoms in total. The lowest BCUT2D eigenvalue weighted by molar-refractivity contribution is 0.0439. The first-order valence-electron chi connectivity index (χ1n) is 7.03. The number of hydrogen-bond acceptors (Lipinski definition) is 4. The van der Waals surface area contributed by atoms with Gasteiger partial charge in [0.05, 0.1) is 11.5 Å². The predicted molar refractivity (Wildman–Crippen MR) is 75.4 cm³/mol. The number of aromatic nitrogens is 3. The average Bonchev–Trinajstić information content (AvgIpc) is 2.93. The third-order valence-corrected chi connectivity index (χ3v) is 3.57. The van der Waals surface area contributed by atoms with Gasteiger partial charge in [-0.2, -0.15) is 0 Å². The van der Waals surface area contributed by atoms with Crippen LogP contribution in [-0.4, -0.2) is 40.8 Å². The van der Waals surface area contributed by atoms with Gasteiger partial charge < -0.3 is 14.6 Å². The zero-order valence-corrected chi connectivity index (χ0v) is 11.3. The molecule has 2 aromatic heterocycles. The van der Waals surface area contributed by atoms with Crippen LogP contribution in [0, 0.1) is 0 Å². The first kappa shape index (κ1) is 12.4. The van der Waals surface area contributed by atoms with E-state index < -0.39 is 0 Å². The number of piperidine rings is 1. The molecule has 0 radical (unpaired) electrons. The molecular formula is C14H20N4O. The molecule has 0 aromatic carbocycles. The van der Waals surface area contributed by atoms with E-state index in [1.165, 1.54) is 0 Å². The third-order valence-electron chi connectivity index (χ3n) is 3.57. The van der Waals surface area contributed by atoms with Gasteiger partial charge in [-0.1, -0.05) is 6.92 Å². The van der Waals surface area contributed by atoms with Crippen molar-refractivity contribution in [3.05, 3.63) is 18.6 Å². The number of fused-ring (bicyclic) bond motifs is 1. The van der Waals surface area contributed by atoms with Gasteiger partial charge in [0, 0.05) is 25.9 Å². The lowest BCUT2D eigenvalue weighted by atomic mass is 10.1. The zero-order valence-electron chi connectivity index (χ0n) is 11.3. The molecule has 0 saturated carbocycles. The van der Waals surface area contributed by atoms with E-state index in [-0.39, 0.29) is 0 Å². The highest BCUT2D eigenvalue weighted by molar-refractivity contribution is 5.87. The number of rotatable bonds is 4. The maximum atomic E-state index is 5.88. The van der Waals surface area contributed by atoms with Gasteiger partial charge in [0.2, 0.25) is 0 Å². The number of ether oxygens (including phenoxy) is 1. The molecule has 0 unspecified atom stereocenters. The summed E-state index contributed by atoms with van der Waals surface area (Å²) >= 11 is 0. The normalized spacial score (nSPS) is 20.1. The maximum Gasteiger partial charge on any atom is 0.142 e. The molecule has 102 valence electrons. The second-order valence-electron chi connectivity index (χ2n) is 5.02. The van der Waals surface area contributed by atoms with Crippen molar-refractivity contribution in [3.8, 4) is 0 Å². The fourth-order valence-electron chi connectivity index (χ4n) is 2.66. The van der Waals surface area contributed by atoms with Gasteiger partial charge in [0.1, 0.15) is 17.8 Å². The minimum atomic E-state index is 0.331. The number of anilines is 1. The van der Waals surface area contributed by atoms with Gasteiger partial charge >= 0.3 is 0 Å². The van der Waals surface area contributed by atoms with Crippen LogP contribution in [0.3, 0.4) is 0 Å². The van der Waals surface area contributed by atoms with Crippen molar-refractivity contribution in [2.45, 2.75) is 32.3 Å². The van der Waals surface area contributed by atoms with Crippen LogP contribution in [0.2, 0.25) is 0 Å². The van der Waals surface area contributed by atoms with Crippen LogP contribution in [0.1, 0.15) is 26.2 Å². The van der Waals surface area contributed by atoms with Crippen LogP contribution in [0.15, 0.2) is 18.6 Å². The van der Waals surface area contributed by atoms with Crippen LogP contribution < -0.4 is 4.90 Å². The highest BCUT2D eigenvalue weighted by Gasteiger charge is 2.22. The van der Waals surface area contributed by atoms with Gasteiger partial charge in [0.15, 0.2) is 0 Å². The Morgan fingerprint density at radius 3 is 3.32 bits per heavy atom. The Kier molecular flexibility index (Phi) is 3.64. The average molecular weight is 260 g/mol. The van der Waals surface area contributed by atoms with Crippen molar-refractivity contribution in [2.24, 2.45) is 0 Å². The summed E-state index contributed by atoms with van der Waals surface area (Å²) in [6.07, 6.45) is 7.26. The largest absolute Gasteiger partial charge is 0.376 e. The van der Waals surface area contributed by atoms with Crippen LogP contribution in [-0.2, 0) is 4.74 Å². The SMILES string of the molecule is CCCO[C@H]1CCCN(c2ncnc3[nH]ccc23)C1. The fraction of sp³-hybridized carbons (Fsp3) is 0.571. The Labute approximate surface area is 113 Å². The Balaban J connectivity index is 1.79. The molecule has 1 saturated heterocycles. The first-order chi connectivity index (χ1) is 9.38. The molecule has 1 N–H and O–H groups in total. The summed E-state index contributed by atoms with van der Waals surface area (Å²) < 4.78 is 5.88. The monoisotopic (exact) mass is 260 g/mol. The second kappa shape index (κ2) is 5.57. The third kappa shape index (κ3) is 2.56. The molecule has 1 aliphatic rings. The summed E-state index contributed by atoms with van der Waals surface area (Å²) in [5.41, 5.74) is 0.904. The lowest BCUT2D eigenvalue weighted by Crippen LogP contribution is -2.40. The zero-order chi connectivity index (χ0) is 13.1. The lowest BCUT2D eigenvalue weighted by Gasteiger charge is -2.33. The van der Waals surface area contributed by atoms with Gasteiger partial charge in [-0.25, -0.2) is 9.97 Å². The summed E-state index contributed by atoms with van der Waals surface area (Å²) in [6, 6.07) is 2.04. The van der Waals surface area contributed by atoms with E-state index in [1.54, 1.807) is 6.33 Å². The van der Waals surface area contributed by atoms with Crippen LogP contribution in [0.5, 0.6) is 0 Å². The van der Waals surface area contributed by atoms with Crippen molar-refractivity contribution >= 4 is 16.9 Å². The molecule has 0 amide bonds. The molecule has 0 bridgehead atoms. The smallest absolute Gasteiger partial charge is 0.142 e. The molecule has 5 heteroatoms. The molecule has 3 rings (SSSR count). The summed E-state index contributed by atoms with van der Waals surface area (Å²) in [6.45, 7) is 4.97. The van der Waals surface area contributed by atoms with Crippen molar-refractivity contribution in [1.29, 1.82) is 0 Å². The highest BCUT2D eigenvalue weighted by Crippen LogP contribution is 2.25. The van der Waals surface area contributed by atoms with E-state index in [1.807, 2.05) is 12.3 Å². The summed E-state index contributed by atoms with van der Waals surface area (Å²) in [5.74, 6) is 1.02. The second-order valence-corrected chi connectivity index (χ2v) is 5.02. The molecule has 1 atom stereocenters. The number of nitrogens with one attached hydrogen (secondary N) is 1. The molecule has 0 spiro atoms. The van der Waals surface area contributed by atoms with Crippen molar-refractivity contribution in [2.75, 3.05) is 24.6 Å². The number of hydrogen-bond donors (Lipinski definition) is 1. The summed E-state index contributed by atoms with van der Waals surface area (Å²) in [7, 11) is 0. The number of aromatic amines is 1. The van der Waals surface area contributed by atoms with Crippen LogP contribution in [0.25, 0.3) is 11.0 Å². The minimum absolute atomic E-state index is 0.331. The van der Waals surface area contributed by atoms with E-state index in [4.69, 9.17) is 4.74 Å². The fourth-order valence-corrected chi connectivity index (χ4v) is 2.66. The number of nitrogens with zero attached hydrogens (tertiary/aromatic N) is 3. The van der Waals surface area contributed by atoms with Crippen molar-refractivity contribution in [1.82, 2.24) is 15.0 Å². The molecule has 2 aromatic rings. The van der Waals surface area contributed by atoms with Crippen LogP contribution >= 0.6 is 0 Å². The minimum Gasteiger partial charge on any atom is -0.376 e. The summed E-state index contributed by atoms with van der Waals surface area (Å²) in [5, 5.41) is 1.10. The van der Waals surface area contributed by atoms with Gasteiger partial charge in [0.25, 0.3) is 0 Å². The standard InChI is InChI=1S/C14H20N4O/c1-2-8-19-11-4-3-7-18(9-11)14-12-5-6-15-13(12)16-10-17-14/h5-6,10-11H,2-4,7-9H2,1H3,(H,15,16,17)/t11-/m0/s1. The molecule has 19 heavy (non-hydrogen) atoms. The molecule has 1 fully saturated rings. The molecule has 3 heterocycles. The topological polar surface area (TPSA) is 54.0 Å². The van der Waals surface area contributed by atoms with E-state index in [9.17, 15) is 0 Å². The Morgan fingerprint density at radius 2 is 2.42 bits per heavy atom.